The van der Waals surface area contributed by atoms with Gasteiger partial charge in [0.2, 0.25) is 11.8 Å². The highest BCUT2D eigenvalue weighted by Crippen LogP contribution is 2.27. The summed E-state index contributed by atoms with van der Waals surface area (Å²) in [7, 11) is 0. The highest BCUT2D eigenvalue weighted by Gasteiger charge is 2.35. The molecule has 0 unspecified atom stereocenters. The van der Waals surface area contributed by atoms with E-state index >= 15 is 0 Å². The Bertz CT molecular complexity index is 766. The summed E-state index contributed by atoms with van der Waals surface area (Å²) in [4.78, 5) is 26.5. The zero-order chi connectivity index (χ0) is 17.3. The molecule has 5 heteroatoms. The number of aryl methyl sites for hydroxylation is 2. The van der Waals surface area contributed by atoms with Crippen LogP contribution in [0.5, 0.6) is 0 Å². The first kappa shape index (κ1) is 16.5. The van der Waals surface area contributed by atoms with Crippen LogP contribution in [0, 0.1) is 19.8 Å². The van der Waals surface area contributed by atoms with E-state index in [4.69, 9.17) is 11.6 Å². The summed E-state index contributed by atoms with van der Waals surface area (Å²) in [5.41, 5.74) is 3.75. The van der Waals surface area contributed by atoms with E-state index in [9.17, 15) is 9.59 Å². The molecule has 1 atom stereocenters. The second kappa shape index (κ2) is 6.65. The maximum absolute atomic E-state index is 12.4. The van der Waals surface area contributed by atoms with Gasteiger partial charge in [0, 0.05) is 29.4 Å². The number of hydrogen-bond donors (Lipinski definition) is 1. The lowest BCUT2D eigenvalue weighted by Gasteiger charge is -2.18. The summed E-state index contributed by atoms with van der Waals surface area (Å²) in [6.45, 7) is 4.41. The van der Waals surface area contributed by atoms with Gasteiger partial charge in [-0.2, -0.15) is 0 Å². The third-order valence-corrected chi connectivity index (χ3v) is 4.38. The van der Waals surface area contributed by atoms with Gasteiger partial charge in [0.05, 0.1) is 5.92 Å². The number of hydrogen-bond acceptors (Lipinski definition) is 2. The fourth-order valence-corrected chi connectivity index (χ4v) is 3.14. The van der Waals surface area contributed by atoms with Crippen LogP contribution in [-0.2, 0) is 9.59 Å². The number of amides is 2. The van der Waals surface area contributed by atoms with Gasteiger partial charge < -0.3 is 10.2 Å². The van der Waals surface area contributed by atoms with Gasteiger partial charge in [-0.3, -0.25) is 9.59 Å². The molecule has 1 N–H and O–H groups in total. The molecule has 0 radical (unpaired) electrons. The van der Waals surface area contributed by atoms with Crippen LogP contribution < -0.4 is 10.2 Å². The fraction of sp³-hybridized carbons (Fsp3) is 0.263. The molecule has 3 rings (SSSR count). The number of nitrogens with one attached hydrogen (secondary N) is 1. The van der Waals surface area contributed by atoms with Crippen molar-refractivity contribution < 1.29 is 9.59 Å². The molecule has 1 aliphatic rings. The van der Waals surface area contributed by atoms with Crippen LogP contribution in [0.4, 0.5) is 11.4 Å². The van der Waals surface area contributed by atoms with Crippen LogP contribution >= 0.6 is 11.6 Å². The summed E-state index contributed by atoms with van der Waals surface area (Å²) in [5.74, 6) is -0.511. The maximum atomic E-state index is 12.4. The average Bonchev–Trinajstić information content (AvgIpc) is 2.91. The Morgan fingerprint density at radius 2 is 1.75 bits per heavy atom. The van der Waals surface area contributed by atoms with Crippen molar-refractivity contribution in [1.82, 2.24) is 0 Å². The van der Waals surface area contributed by atoms with Crippen molar-refractivity contribution in [3.63, 3.8) is 0 Å². The second-order valence-electron chi connectivity index (χ2n) is 6.25. The van der Waals surface area contributed by atoms with Gasteiger partial charge in [-0.25, -0.2) is 0 Å². The van der Waals surface area contributed by atoms with Gasteiger partial charge in [-0.15, -0.1) is 0 Å². The van der Waals surface area contributed by atoms with Crippen LogP contribution in [0.25, 0.3) is 0 Å². The summed E-state index contributed by atoms with van der Waals surface area (Å²) in [6.07, 6.45) is 0.229. The molecule has 124 valence electrons. The number of carbonyl (C=O) groups is 2. The molecule has 4 nitrogen and oxygen atoms in total. The quantitative estimate of drug-likeness (QED) is 0.918. The summed E-state index contributed by atoms with van der Waals surface area (Å²) < 4.78 is 0. The molecule has 2 amide bonds. The fourth-order valence-electron chi connectivity index (χ4n) is 3.02. The Hall–Kier alpha value is -2.33. The summed E-state index contributed by atoms with van der Waals surface area (Å²) in [5, 5.41) is 3.47. The minimum Gasteiger partial charge on any atom is -0.326 e. The smallest absolute Gasteiger partial charge is 0.229 e. The first-order valence-corrected chi connectivity index (χ1v) is 8.25. The van der Waals surface area contributed by atoms with Crippen molar-refractivity contribution >= 4 is 34.8 Å². The van der Waals surface area contributed by atoms with E-state index in [0.29, 0.717) is 17.3 Å². The van der Waals surface area contributed by atoms with E-state index in [2.05, 4.69) is 11.4 Å². The lowest BCUT2D eigenvalue weighted by Crippen LogP contribution is -2.28. The molecule has 0 aromatic heterocycles. The zero-order valence-corrected chi connectivity index (χ0v) is 14.4. The van der Waals surface area contributed by atoms with Crippen LogP contribution in [0.3, 0.4) is 0 Å². The van der Waals surface area contributed by atoms with Gasteiger partial charge in [0.1, 0.15) is 0 Å². The van der Waals surface area contributed by atoms with Gasteiger partial charge in [0.25, 0.3) is 0 Å². The van der Waals surface area contributed by atoms with Gasteiger partial charge >= 0.3 is 0 Å². The van der Waals surface area contributed by atoms with E-state index < -0.39 is 0 Å². The van der Waals surface area contributed by atoms with Gasteiger partial charge in [-0.05, 0) is 61.4 Å². The van der Waals surface area contributed by atoms with Crippen molar-refractivity contribution in [2.75, 3.05) is 16.8 Å². The molecule has 1 saturated heterocycles. The molecule has 2 aromatic rings. The zero-order valence-electron chi connectivity index (χ0n) is 13.7. The number of anilines is 2. The molecule has 1 aliphatic heterocycles. The third kappa shape index (κ3) is 3.60. The Labute approximate surface area is 146 Å². The summed E-state index contributed by atoms with van der Waals surface area (Å²) >= 11 is 5.84. The second-order valence-corrected chi connectivity index (χ2v) is 6.68. The number of halogens is 1. The number of rotatable bonds is 3. The molecule has 0 bridgehead atoms. The SMILES string of the molecule is Cc1cc(C)cc(N2C[C@H](C(=O)Nc3ccc(Cl)cc3)CC2=O)c1. The third-order valence-electron chi connectivity index (χ3n) is 4.13. The van der Waals surface area contributed by atoms with Crippen molar-refractivity contribution in [3.8, 4) is 0 Å². The first-order chi connectivity index (χ1) is 11.4. The molecule has 1 heterocycles. The van der Waals surface area contributed by atoms with E-state index in [1.54, 1.807) is 29.2 Å². The first-order valence-electron chi connectivity index (χ1n) is 7.87. The predicted molar refractivity (Wildman–Crippen MR) is 96.5 cm³/mol. The molecular formula is C19H19ClN2O2. The predicted octanol–water partition coefficient (Wildman–Crippen LogP) is 3.95. The molecule has 1 fully saturated rings. The van der Waals surface area contributed by atoms with Crippen molar-refractivity contribution in [2.24, 2.45) is 5.92 Å². The van der Waals surface area contributed by atoms with E-state index in [-0.39, 0.29) is 24.2 Å². The lowest BCUT2D eigenvalue weighted by molar-refractivity contribution is -0.122. The van der Waals surface area contributed by atoms with Crippen molar-refractivity contribution in [1.29, 1.82) is 0 Å². The van der Waals surface area contributed by atoms with E-state index in [1.807, 2.05) is 26.0 Å². The van der Waals surface area contributed by atoms with E-state index in [0.717, 1.165) is 16.8 Å². The lowest BCUT2D eigenvalue weighted by atomic mass is 10.1. The maximum Gasteiger partial charge on any atom is 0.229 e. The van der Waals surface area contributed by atoms with Crippen LogP contribution in [0.2, 0.25) is 5.02 Å². The molecule has 0 saturated carbocycles. The standard InChI is InChI=1S/C19H19ClN2O2/c1-12-7-13(2)9-17(8-12)22-11-14(10-18(22)23)19(24)21-16-5-3-15(20)4-6-16/h3-9,14H,10-11H2,1-2H3,(H,21,24)/t14-/m1/s1. The summed E-state index contributed by atoms with van der Waals surface area (Å²) in [6, 6.07) is 13.0. The molecular weight excluding hydrogens is 324 g/mol. The molecule has 24 heavy (non-hydrogen) atoms. The van der Waals surface area contributed by atoms with Crippen LogP contribution in [0.1, 0.15) is 17.5 Å². The molecule has 0 aliphatic carbocycles. The number of carbonyl (C=O) groups excluding carboxylic acids is 2. The van der Waals surface area contributed by atoms with Crippen LogP contribution in [-0.4, -0.2) is 18.4 Å². The molecule has 0 spiro atoms. The molecule has 2 aromatic carbocycles. The van der Waals surface area contributed by atoms with Gasteiger partial charge in [-0.1, -0.05) is 17.7 Å². The van der Waals surface area contributed by atoms with Crippen LogP contribution in [0.15, 0.2) is 42.5 Å². The van der Waals surface area contributed by atoms with Crippen molar-refractivity contribution in [2.45, 2.75) is 20.3 Å². The Kier molecular flexibility index (Phi) is 4.58. The largest absolute Gasteiger partial charge is 0.326 e. The topological polar surface area (TPSA) is 49.4 Å². The van der Waals surface area contributed by atoms with E-state index in [1.165, 1.54) is 0 Å². The number of benzene rings is 2. The Morgan fingerprint density at radius 1 is 1.12 bits per heavy atom. The normalized spacial score (nSPS) is 17.2. The Morgan fingerprint density at radius 3 is 2.38 bits per heavy atom. The number of nitrogens with zero attached hydrogens (tertiary/aromatic N) is 1. The highest BCUT2D eigenvalue weighted by atomic mass is 35.5. The minimum atomic E-state index is -0.353. The minimum absolute atomic E-state index is 0.0174. The monoisotopic (exact) mass is 342 g/mol. The Balaban J connectivity index is 1.71. The highest BCUT2D eigenvalue weighted by molar-refractivity contribution is 6.30. The van der Waals surface area contributed by atoms with Gasteiger partial charge in [0.15, 0.2) is 0 Å². The average molecular weight is 343 g/mol. The van der Waals surface area contributed by atoms with Crippen molar-refractivity contribution in [3.05, 3.63) is 58.6 Å².